The van der Waals surface area contributed by atoms with Gasteiger partial charge in [0.05, 0.1) is 5.02 Å². The number of halogens is 2. The van der Waals surface area contributed by atoms with Gasteiger partial charge in [-0.05, 0) is 30.0 Å². The van der Waals surface area contributed by atoms with Gasteiger partial charge in [-0.2, -0.15) is 0 Å². The van der Waals surface area contributed by atoms with E-state index >= 15 is 0 Å². The minimum Gasteiger partial charge on any atom is -0.271 e. The summed E-state index contributed by atoms with van der Waals surface area (Å²) in [7, 11) is 0. The highest BCUT2D eigenvalue weighted by Crippen LogP contribution is 2.28. The Hall–Kier alpha value is -0.640. The van der Waals surface area contributed by atoms with Gasteiger partial charge in [-0.1, -0.05) is 57.2 Å². The first-order chi connectivity index (χ1) is 9.12. The molecule has 3 N–H and O–H groups in total. The minimum absolute atomic E-state index is 0.0277. The van der Waals surface area contributed by atoms with Crippen molar-refractivity contribution in [1.29, 1.82) is 0 Å². The monoisotopic (exact) mass is 286 g/mol. The lowest BCUT2D eigenvalue weighted by molar-refractivity contribution is 0.356. The fraction of sp³-hybridized carbons (Fsp3) is 0.600. The maximum atomic E-state index is 13.2. The summed E-state index contributed by atoms with van der Waals surface area (Å²) < 4.78 is 13.2. The maximum Gasteiger partial charge on any atom is 0.141 e. The van der Waals surface area contributed by atoms with Gasteiger partial charge in [0.15, 0.2) is 0 Å². The SMILES string of the molecule is CCCCC(CC)CC(NN)c1ccc(F)c(Cl)c1. The van der Waals surface area contributed by atoms with E-state index in [1.165, 1.54) is 25.3 Å². The Morgan fingerprint density at radius 1 is 1.37 bits per heavy atom. The first-order valence-corrected chi connectivity index (χ1v) is 7.41. The Bertz CT molecular complexity index is 384. The molecule has 2 nitrogen and oxygen atoms in total. The van der Waals surface area contributed by atoms with E-state index in [2.05, 4.69) is 19.3 Å². The van der Waals surface area contributed by atoms with Crippen LogP contribution in [0, 0.1) is 11.7 Å². The molecule has 0 spiro atoms. The van der Waals surface area contributed by atoms with Crippen molar-refractivity contribution in [3.05, 3.63) is 34.6 Å². The third-order valence-corrected chi connectivity index (χ3v) is 3.95. The first-order valence-electron chi connectivity index (χ1n) is 7.03. The van der Waals surface area contributed by atoms with Crippen LogP contribution in [-0.2, 0) is 0 Å². The lowest BCUT2D eigenvalue weighted by atomic mass is 9.89. The number of rotatable bonds is 8. The molecule has 108 valence electrons. The summed E-state index contributed by atoms with van der Waals surface area (Å²) in [6, 6.07) is 4.83. The molecule has 0 amide bonds. The second-order valence-corrected chi connectivity index (χ2v) is 5.45. The molecule has 0 aliphatic heterocycles. The molecule has 2 atom stereocenters. The summed E-state index contributed by atoms with van der Waals surface area (Å²) in [4.78, 5) is 0. The van der Waals surface area contributed by atoms with E-state index in [-0.39, 0.29) is 16.9 Å². The zero-order valence-electron chi connectivity index (χ0n) is 11.8. The molecule has 0 aromatic heterocycles. The largest absolute Gasteiger partial charge is 0.271 e. The molecular formula is C15H24ClFN2. The van der Waals surface area contributed by atoms with Gasteiger partial charge >= 0.3 is 0 Å². The second-order valence-electron chi connectivity index (χ2n) is 5.05. The topological polar surface area (TPSA) is 38.0 Å². The van der Waals surface area contributed by atoms with Crippen LogP contribution in [0.15, 0.2) is 18.2 Å². The van der Waals surface area contributed by atoms with Crippen LogP contribution in [0.1, 0.15) is 57.6 Å². The molecule has 0 saturated heterocycles. The third-order valence-electron chi connectivity index (χ3n) is 3.66. The summed E-state index contributed by atoms with van der Waals surface area (Å²) in [5, 5.41) is 0.152. The molecule has 4 heteroatoms. The van der Waals surface area contributed by atoms with Crippen LogP contribution in [0.3, 0.4) is 0 Å². The van der Waals surface area contributed by atoms with Gasteiger partial charge in [0.2, 0.25) is 0 Å². The van der Waals surface area contributed by atoms with Gasteiger partial charge in [-0.25, -0.2) is 4.39 Å². The van der Waals surface area contributed by atoms with Gasteiger partial charge in [0, 0.05) is 6.04 Å². The summed E-state index contributed by atoms with van der Waals surface area (Å²) in [5.74, 6) is 5.88. The third kappa shape index (κ3) is 5.09. The molecule has 19 heavy (non-hydrogen) atoms. The van der Waals surface area contributed by atoms with E-state index in [9.17, 15) is 4.39 Å². The molecule has 0 heterocycles. The van der Waals surface area contributed by atoms with Crippen molar-refractivity contribution in [3.8, 4) is 0 Å². The number of hydrazine groups is 1. The fourth-order valence-corrected chi connectivity index (χ4v) is 2.53. The van der Waals surface area contributed by atoms with Crippen LogP contribution in [0.25, 0.3) is 0 Å². The van der Waals surface area contributed by atoms with Crippen LogP contribution >= 0.6 is 11.6 Å². The van der Waals surface area contributed by atoms with Crippen LogP contribution < -0.4 is 11.3 Å². The van der Waals surface area contributed by atoms with E-state index in [4.69, 9.17) is 17.4 Å². The Balaban J connectivity index is 2.72. The van der Waals surface area contributed by atoms with E-state index in [1.807, 2.05) is 0 Å². The summed E-state index contributed by atoms with van der Waals surface area (Å²) in [6.45, 7) is 4.40. The predicted molar refractivity (Wildman–Crippen MR) is 79.4 cm³/mol. The van der Waals surface area contributed by atoms with E-state index in [1.54, 1.807) is 12.1 Å². The fourth-order valence-electron chi connectivity index (χ4n) is 2.34. The van der Waals surface area contributed by atoms with Crippen molar-refractivity contribution in [2.24, 2.45) is 11.8 Å². The molecular weight excluding hydrogens is 263 g/mol. The predicted octanol–water partition coefficient (Wildman–Crippen LogP) is 4.59. The average molecular weight is 287 g/mol. The Kier molecular flexibility index (Phi) is 7.36. The highest BCUT2D eigenvalue weighted by molar-refractivity contribution is 6.30. The summed E-state index contributed by atoms with van der Waals surface area (Å²) in [5.41, 5.74) is 3.77. The Morgan fingerprint density at radius 2 is 2.11 bits per heavy atom. The first kappa shape index (κ1) is 16.4. The van der Waals surface area contributed by atoms with Gasteiger partial charge in [0.25, 0.3) is 0 Å². The lowest BCUT2D eigenvalue weighted by Gasteiger charge is -2.22. The van der Waals surface area contributed by atoms with Crippen LogP contribution in [-0.4, -0.2) is 0 Å². The minimum atomic E-state index is -0.390. The Labute approximate surface area is 120 Å². The van der Waals surface area contributed by atoms with Crippen molar-refractivity contribution in [2.45, 2.75) is 52.0 Å². The highest BCUT2D eigenvalue weighted by atomic mass is 35.5. The average Bonchev–Trinajstić information content (AvgIpc) is 2.42. The van der Waals surface area contributed by atoms with E-state index in [0.29, 0.717) is 5.92 Å². The van der Waals surface area contributed by atoms with Crippen molar-refractivity contribution >= 4 is 11.6 Å². The van der Waals surface area contributed by atoms with Crippen LogP contribution in [0.2, 0.25) is 5.02 Å². The summed E-state index contributed by atoms with van der Waals surface area (Å²) in [6.07, 6.45) is 5.74. The number of unbranched alkanes of at least 4 members (excludes halogenated alkanes) is 1. The summed E-state index contributed by atoms with van der Waals surface area (Å²) >= 11 is 5.83. The number of nitrogens with one attached hydrogen (secondary N) is 1. The molecule has 1 aromatic carbocycles. The van der Waals surface area contributed by atoms with E-state index in [0.717, 1.165) is 18.4 Å². The van der Waals surface area contributed by atoms with Gasteiger partial charge < -0.3 is 0 Å². The lowest BCUT2D eigenvalue weighted by Crippen LogP contribution is -2.29. The molecule has 0 aliphatic rings. The number of hydrogen-bond donors (Lipinski definition) is 2. The molecule has 1 aromatic rings. The molecule has 0 fully saturated rings. The number of benzene rings is 1. The molecule has 1 rings (SSSR count). The maximum absolute atomic E-state index is 13.2. The van der Waals surface area contributed by atoms with Crippen molar-refractivity contribution in [1.82, 2.24) is 5.43 Å². The van der Waals surface area contributed by atoms with Crippen LogP contribution in [0.4, 0.5) is 4.39 Å². The zero-order chi connectivity index (χ0) is 14.3. The smallest absolute Gasteiger partial charge is 0.141 e. The van der Waals surface area contributed by atoms with Crippen molar-refractivity contribution < 1.29 is 4.39 Å². The van der Waals surface area contributed by atoms with Gasteiger partial charge in [-0.3, -0.25) is 11.3 Å². The Morgan fingerprint density at radius 3 is 2.63 bits per heavy atom. The number of hydrogen-bond acceptors (Lipinski definition) is 2. The zero-order valence-corrected chi connectivity index (χ0v) is 12.5. The standard InChI is InChI=1S/C15H24ClFN2/c1-3-5-6-11(4-2)9-15(19-18)12-7-8-14(17)13(16)10-12/h7-8,10-11,15,19H,3-6,9,18H2,1-2H3. The van der Waals surface area contributed by atoms with Crippen molar-refractivity contribution in [3.63, 3.8) is 0 Å². The second kappa shape index (κ2) is 8.51. The van der Waals surface area contributed by atoms with Gasteiger partial charge in [0.1, 0.15) is 5.82 Å². The molecule has 0 saturated carbocycles. The highest BCUT2D eigenvalue weighted by Gasteiger charge is 2.16. The van der Waals surface area contributed by atoms with Crippen molar-refractivity contribution in [2.75, 3.05) is 0 Å². The molecule has 0 bridgehead atoms. The normalized spacial score (nSPS) is 14.4. The molecule has 0 radical (unpaired) electrons. The number of nitrogens with two attached hydrogens (primary N) is 1. The van der Waals surface area contributed by atoms with E-state index < -0.39 is 0 Å². The van der Waals surface area contributed by atoms with Crippen LogP contribution in [0.5, 0.6) is 0 Å². The van der Waals surface area contributed by atoms with Gasteiger partial charge in [-0.15, -0.1) is 0 Å². The molecule has 2 unspecified atom stereocenters. The quantitative estimate of drug-likeness (QED) is 0.542. The molecule has 0 aliphatic carbocycles.